The summed E-state index contributed by atoms with van der Waals surface area (Å²) in [7, 11) is 0. The molecule has 32 heavy (non-hydrogen) atoms. The van der Waals surface area contributed by atoms with Crippen molar-refractivity contribution < 1.29 is 4.79 Å². The molecule has 0 unspecified atom stereocenters. The lowest BCUT2D eigenvalue weighted by Gasteiger charge is -2.31. The molecule has 0 aliphatic carbocycles. The largest absolute Gasteiger partial charge is 0.326 e. The van der Waals surface area contributed by atoms with Gasteiger partial charge in [-0.25, -0.2) is 0 Å². The Hall–Kier alpha value is -2.41. The number of carbonyl (C=O) groups is 1. The first-order valence-electron chi connectivity index (χ1n) is 11.0. The van der Waals surface area contributed by atoms with E-state index >= 15 is 0 Å². The van der Waals surface area contributed by atoms with E-state index in [-0.39, 0.29) is 11.8 Å². The molecule has 1 N–H and O–H groups in total. The summed E-state index contributed by atoms with van der Waals surface area (Å²) in [6.45, 7) is 4.49. The van der Waals surface area contributed by atoms with Crippen molar-refractivity contribution in [3.05, 3.63) is 69.2 Å². The number of carbonyl (C=O) groups excluding carboxylic acids is 1. The van der Waals surface area contributed by atoms with E-state index in [9.17, 15) is 4.79 Å². The summed E-state index contributed by atoms with van der Waals surface area (Å²) in [6.07, 6.45) is 3.45. The molecule has 1 saturated heterocycles. The zero-order valence-electron chi connectivity index (χ0n) is 17.9. The molecular weight excluding hydrogens is 445 g/mol. The molecule has 0 spiro atoms. The van der Waals surface area contributed by atoms with Crippen LogP contribution in [0.15, 0.2) is 36.4 Å². The van der Waals surface area contributed by atoms with Crippen molar-refractivity contribution in [1.29, 1.82) is 0 Å². The topological polar surface area (TPSA) is 63.1 Å². The minimum Gasteiger partial charge on any atom is -0.326 e. The Balaban J connectivity index is 1.19. The Bertz CT molecular complexity index is 1170. The van der Waals surface area contributed by atoms with Crippen molar-refractivity contribution in [2.24, 2.45) is 5.92 Å². The van der Waals surface area contributed by atoms with E-state index in [0.29, 0.717) is 10.0 Å². The van der Waals surface area contributed by atoms with Crippen LogP contribution in [0.2, 0.25) is 10.0 Å². The molecule has 8 heteroatoms. The second-order valence-corrected chi connectivity index (χ2v) is 9.46. The Morgan fingerprint density at radius 3 is 2.69 bits per heavy atom. The van der Waals surface area contributed by atoms with Crippen LogP contribution in [0.1, 0.15) is 35.6 Å². The van der Waals surface area contributed by atoms with Crippen LogP contribution in [0, 0.1) is 12.8 Å². The number of benzene rings is 2. The first-order chi connectivity index (χ1) is 15.5. The van der Waals surface area contributed by atoms with Crippen LogP contribution in [-0.2, 0) is 24.2 Å². The number of aromatic nitrogens is 3. The average Bonchev–Trinajstić information content (AvgIpc) is 3.17. The number of fused-ring (bicyclic) bond motifs is 3. The van der Waals surface area contributed by atoms with E-state index in [4.69, 9.17) is 23.2 Å². The molecule has 0 bridgehead atoms. The van der Waals surface area contributed by atoms with Crippen LogP contribution >= 0.6 is 23.2 Å². The number of aryl methyl sites for hydroxylation is 3. The third kappa shape index (κ3) is 4.27. The van der Waals surface area contributed by atoms with E-state index in [1.54, 1.807) is 6.07 Å². The molecule has 1 aromatic heterocycles. The Morgan fingerprint density at radius 1 is 1.09 bits per heavy atom. The number of nitrogens with zero attached hydrogens (tertiary/aromatic N) is 4. The normalized spacial score (nSPS) is 16.5. The maximum absolute atomic E-state index is 12.9. The highest BCUT2D eigenvalue weighted by Gasteiger charge is 2.26. The summed E-state index contributed by atoms with van der Waals surface area (Å²) < 4.78 is 2.10. The molecule has 6 nitrogen and oxygen atoms in total. The number of hydrogen-bond acceptors (Lipinski definition) is 4. The standard InChI is InChI=1S/C24H25Cl2N5O/c1-15-28-29-23-7-3-17-12-20(5-6-22(17)31(15)23)27-24(32)16-8-10-30(11-9-16)14-18-2-4-19(25)13-21(18)26/h2,4-6,12-13,16H,3,7-11,14H2,1H3,(H,27,32). The van der Waals surface area contributed by atoms with Gasteiger partial charge in [0.2, 0.25) is 5.91 Å². The lowest BCUT2D eigenvalue weighted by Crippen LogP contribution is -2.37. The van der Waals surface area contributed by atoms with Crippen molar-refractivity contribution >= 4 is 34.8 Å². The van der Waals surface area contributed by atoms with Crippen molar-refractivity contribution in [2.45, 2.75) is 39.2 Å². The minimum absolute atomic E-state index is 0.0228. The van der Waals surface area contributed by atoms with Crippen molar-refractivity contribution in [1.82, 2.24) is 19.7 Å². The monoisotopic (exact) mass is 469 g/mol. The van der Waals surface area contributed by atoms with Gasteiger partial charge in [0, 0.05) is 34.6 Å². The minimum atomic E-state index is 0.0228. The van der Waals surface area contributed by atoms with Gasteiger partial charge in [0.1, 0.15) is 11.6 Å². The maximum Gasteiger partial charge on any atom is 0.227 e. The van der Waals surface area contributed by atoms with Gasteiger partial charge in [0.15, 0.2) is 0 Å². The van der Waals surface area contributed by atoms with Gasteiger partial charge in [0.25, 0.3) is 0 Å². The summed E-state index contributed by atoms with van der Waals surface area (Å²) >= 11 is 12.3. The van der Waals surface area contributed by atoms with Gasteiger partial charge in [-0.05, 0) is 80.7 Å². The summed E-state index contributed by atoms with van der Waals surface area (Å²) in [6, 6.07) is 11.7. The number of amides is 1. The molecule has 1 amide bonds. The molecule has 0 atom stereocenters. The van der Waals surface area contributed by atoms with E-state index in [2.05, 4.69) is 37.1 Å². The molecule has 166 valence electrons. The first kappa shape index (κ1) is 21.4. The number of rotatable bonds is 4. The molecule has 0 saturated carbocycles. The predicted octanol–water partition coefficient (Wildman–Crippen LogP) is 4.83. The predicted molar refractivity (Wildman–Crippen MR) is 127 cm³/mol. The number of piperidine rings is 1. The van der Waals surface area contributed by atoms with Crippen LogP contribution in [-0.4, -0.2) is 38.7 Å². The van der Waals surface area contributed by atoms with Crippen LogP contribution in [0.4, 0.5) is 5.69 Å². The van der Waals surface area contributed by atoms with Gasteiger partial charge in [-0.2, -0.15) is 0 Å². The van der Waals surface area contributed by atoms with Gasteiger partial charge < -0.3 is 5.32 Å². The quantitative estimate of drug-likeness (QED) is 0.593. The zero-order chi connectivity index (χ0) is 22.2. The highest BCUT2D eigenvalue weighted by molar-refractivity contribution is 6.35. The van der Waals surface area contributed by atoms with E-state index in [0.717, 1.165) is 73.9 Å². The second-order valence-electron chi connectivity index (χ2n) is 8.62. The lowest BCUT2D eigenvalue weighted by molar-refractivity contribution is -0.121. The van der Waals surface area contributed by atoms with Gasteiger partial charge in [-0.3, -0.25) is 14.3 Å². The van der Waals surface area contributed by atoms with Crippen molar-refractivity contribution in [3.8, 4) is 5.69 Å². The molecule has 2 aromatic carbocycles. The highest BCUT2D eigenvalue weighted by atomic mass is 35.5. The van der Waals surface area contributed by atoms with Crippen LogP contribution < -0.4 is 5.32 Å². The fraction of sp³-hybridized carbons (Fsp3) is 0.375. The van der Waals surface area contributed by atoms with E-state index in [1.165, 1.54) is 5.56 Å². The summed E-state index contributed by atoms with van der Waals surface area (Å²) in [5, 5.41) is 12.9. The molecule has 1 fully saturated rings. The number of halogens is 2. The molecule has 5 rings (SSSR count). The molecule has 2 aliphatic rings. The molecule has 3 aromatic rings. The highest BCUT2D eigenvalue weighted by Crippen LogP contribution is 2.29. The molecular formula is C24H25Cl2N5O. The van der Waals surface area contributed by atoms with Crippen LogP contribution in [0.25, 0.3) is 5.69 Å². The second kappa shape index (κ2) is 8.85. The van der Waals surface area contributed by atoms with Crippen LogP contribution in [0.3, 0.4) is 0 Å². The molecule has 0 radical (unpaired) electrons. The molecule has 2 aliphatic heterocycles. The summed E-state index contributed by atoms with van der Waals surface area (Å²) in [5.41, 5.74) is 4.26. The van der Waals surface area contributed by atoms with Crippen LogP contribution in [0.5, 0.6) is 0 Å². The summed E-state index contributed by atoms with van der Waals surface area (Å²) in [4.78, 5) is 15.3. The third-order valence-corrected chi connectivity index (χ3v) is 7.05. The smallest absolute Gasteiger partial charge is 0.227 e. The maximum atomic E-state index is 12.9. The van der Waals surface area contributed by atoms with Gasteiger partial charge in [-0.15, -0.1) is 10.2 Å². The lowest BCUT2D eigenvalue weighted by atomic mass is 9.95. The Morgan fingerprint density at radius 2 is 1.91 bits per heavy atom. The molecule has 3 heterocycles. The number of hydrogen-bond donors (Lipinski definition) is 1. The van der Waals surface area contributed by atoms with E-state index < -0.39 is 0 Å². The SMILES string of the molecule is Cc1nnc2n1-c1ccc(NC(=O)C3CCN(Cc4ccc(Cl)cc4Cl)CC3)cc1CC2. The van der Waals surface area contributed by atoms with Crippen molar-refractivity contribution in [3.63, 3.8) is 0 Å². The van der Waals surface area contributed by atoms with Gasteiger partial charge in [0.05, 0.1) is 5.69 Å². The fourth-order valence-electron chi connectivity index (χ4n) is 4.70. The van der Waals surface area contributed by atoms with Crippen molar-refractivity contribution in [2.75, 3.05) is 18.4 Å². The number of nitrogens with one attached hydrogen (secondary N) is 1. The summed E-state index contributed by atoms with van der Waals surface area (Å²) in [5.74, 6) is 2.02. The number of likely N-dealkylation sites (tertiary alicyclic amines) is 1. The van der Waals surface area contributed by atoms with Gasteiger partial charge in [-0.1, -0.05) is 29.3 Å². The Labute approximate surface area is 197 Å². The zero-order valence-corrected chi connectivity index (χ0v) is 19.5. The Kier molecular flexibility index (Phi) is 5.93. The third-order valence-electron chi connectivity index (χ3n) is 6.47. The fourth-order valence-corrected chi connectivity index (χ4v) is 5.17. The van der Waals surface area contributed by atoms with E-state index in [1.807, 2.05) is 25.1 Å². The van der Waals surface area contributed by atoms with Gasteiger partial charge >= 0.3 is 0 Å². The first-order valence-corrected chi connectivity index (χ1v) is 11.7. The average molecular weight is 470 g/mol. The number of anilines is 1.